The van der Waals surface area contributed by atoms with Crippen LogP contribution in [0.4, 0.5) is 0 Å². The number of carbonyl (C=O) groups is 3. The number of allylic oxidation sites excluding steroid dienone is 3. The summed E-state index contributed by atoms with van der Waals surface area (Å²) in [5, 5.41) is 87.6. The summed E-state index contributed by atoms with van der Waals surface area (Å²) in [6.45, 7) is 12.5. The number of methoxy groups -OCH3 is 2. The molecule has 75 heavy (non-hydrogen) atoms. The third kappa shape index (κ3) is 15.3. The minimum absolute atomic E-state index is 0.0507. The Morgan fingerprint density at radius 2 is 1.43 bits per heavy atom. The number of carbonyl (C=O) groups excluding carboxylic acids is 3. The van der Waals surface area contributed by atoms with Gasteiger partial charge in [-0.15, -0.1) is 0 Å². The first kappa shape index (κ1) is 63.4. The molecule has 0 aromatic carbocycles. The number of aldehydes is 1. The fraction of sp³-hybridized carbons (Fsp3) is 0.865. The minimum Gasteiger partial charge on any atom is -0.462 e. The second-order valence-corrected chi connectivity index (χ2v) is 21.5. The molecular formula is C52H87NO22. The summed E-state index contributed by atoms with van der Waals surface area (Å²) in [4.78, 5) is 42.4. The van der Waals surface area contributed by atoms with E-state index in [1.807, 2.05) is 13.8 Å². The van der Waals surface area contributed by atoms with E-state index in [0.29, 0.717) is 18.3 Å². The highest BCUT2D eigenvalue weighted by atomic mass is 16.8. The van der Waals surface area contributed by atoms with Crippen LogP contribution >= 0.6 is 0 Å². The number of hydrogen-bond acceptors (Lipinski definition) is 23. The van der Waals surface area contributed by atoms with E-state index >= 15 is 0 Å². The Hall–Kier alpha value is -2.47. The molecule has 432 valence electrons. The molecule has 5 rings (SSSR count). The van der Waals surface area contributed by atoms with Crippen molar-refractivity contribution in [2.75, 3.05) is 41.5 Å². The summed E-state index contributed by atoms with van der Waals surface area (Å²) < 4.78 is 68.2. The molecule has 23 heteroatoms. The lowest BCUT2D eigenvalue weighted by atomic mass is 9.79. The molecule has 23 nitrogen and oxygen atoms in total. The van der Waals surface area contributed by atoms with Gasteiger partial charge in [-0.25, -0.2) is 0 Å². The Bertz CT molecular complexity index is 1870. The molecule has 0 saturated carbocycles. The zero-order valence-electron chi connectivity index (χ0n) is 45.4. The molecule has 5 aliphatic heterocycles. The maximum atomic E-state index is 14.1. The first-order valence-electron chi connectivity index (χ1n) is 26.2. The lowest BCUT2D eigenvalue weighted by molar-refractivity contribution is -0.378. The van der Waals surface area contributed by atoms with Gasteiger partial charge < -0.3 is 103 Å². The average molecular weight is 1080 g/mol. The third-order valence-electron chi connectivity index (χ3n) is 15.7. The lowest BCUT2D eigenvalue weighted by Crippen LogP contribution is -2.68. The van der Waals surface area contributed by atoms with E-state index < -0.39 is 177 Å². The zero-order valence-corrected chi connectivity index (χ0v) is 45.4. The van der Waals surface area contributed by atoms with Crippen LogP contribution < -0.4 is 0 Å². The van der Waals surface area contributed by atoms with E-state index in [9.17, 15) is 55.2 Å². The molecule has 4 fully saturated rings. The first-order valence-corrected chi connectivity index (χ1v) is 26.2. The molecule has 26 atom stereocenters. The molecule has 5 aliphatic rings. The molecule has 0 aliphatic carbocycles. The molecule has 0 radical (unpaired) electrons. The monoisotopic (exact) mass is 1080 g/mol. The Morgan fingerprint density at radius 3 is 2.03 bits per heavy atom. The molecule has 0 spiro atoms. The van der Waals surface area contributed by atoms with E-state index in [2.05, 4.69) is 0 Å². The molecule has 0 bridgehead atoms. The van der Waals surface area contributed by atoms with Crippen LogP contribution in [0.2, 0.25) is 0 Å². The molecule has 0 aromatic rings. The maximum absolute atomic E-state index is 14.1. The van der Waals surface area contributed by atoms with Crippen molar-refractivity contribution in [3.8, 4) is 0 Å². The molecule has 0 aromatic heterocycles. The number of ketones is 1. The van der Waals surface area contributed by atoms with Crippen molar-refractivity contribution in [1.29, 1.82) is 0 Å². The summed E-state index contributed by atoms with van der Waals surface area (Å²) in [6.07, 6.45) is -19.3. The van der Waals surface area contributed by atoms with Gasteiger partial charge in [-0.1, -0.05) is 38.5 Å². The van der Waals surface area contributed by atoms with E-state index in [4.69, 9.17) is 52.1 Å². The fourth-order valence-corrected chi connectivity index (χ4v) is 11.0. The van der Waals surface area contributed by atoms with Gasteiger partial charge in [0, 0.05) is 44.8 Å². The molecular weight excluding hydrogens is 991 g/mol. The number of ether oxygens (including phenoxy) is 11. The van der Waals surface area contributed by atoms with Crippen LogP contribution in [0.1, 0.15) is 87.5 Å². The second kappa shape index (κ2) is 28.1. The van der Waals surface area contributed by atoms with Crippen LogP contribution in [0.3, 0.4) is 0 Å². The van der Waals surface area contributed by atoms with Crippen molar-refractivity contribution in [3.05, 3.63) is 23.8 Å². The number of likely N-dealkylation sites (N-methyl/N-ethyl adjacent to an activating group) is 1. The first-order chi connectivity index (χ1) is 35.3. The van der Waals surface area contributed by atoms with Crippen molar-refractivity contribution in [1.82, 2.24) is 4.90 Å². The van der Waals surface area contributed by atoms with Gasteiger partial charge in [0.05, 0.1) is 61.8 Å². The number of aliphatic hydroxyl groups excluding tert-OH is 7. The summed E-state index contributed by atoms with van der Waals surface area (Å²) in [5.74, 6) is -4.19. The standard InChI is InChI=1S/C52H87NO22/c1-13-34-31(23-67-50-47(66-12)46(65-11)39(59)27(5)69-50)24(2)15-14-16-32(56)25(3)19-30(17-18-54)43(26(4)33(57)20-36(58)71-34)74-51-45(75-49-42(62)41(61)40(60)35(22-55)72-49)38(53(9)10)44(28(6)70-51)73-37-21-52(8,64)48(63)29(7)68-37/h14-16,18,25-31,33-35,37-51,55,57,59-64H,13,17,19-23H2,1-12H3/b16-14+,24-15+/t25-,26+,27-,28-,29+,30-,31+,33+,34-,35-,37+,38+,39-,40-,41+,42-,43-,44-,45-,46-,47-,48+,49+,50-,51+,52?/m1/s1. The smallest absolute Gasteiger partial charge is 0.308 e. The number of nitrogens with zero attached hydrogens (tertiary/aromatic N) is 1. The summed E-state index contributed by atoms with van der Waals surface area (Å²) in [5.41, 5.74) is -0.915. The van der Waals surface area contributed by atoms with Gasteiger partial charge in [0.25, 0.3) is 0 Å². The predicted molar refractivity (Wildman–Crippen MR) is 263 cm³/mol. The second-order valence-electron chi connectivity index (χ2n) is 21.5. The van der Waals surface area contributed by atoms with Gasteiger partial charge in [-0.2, -0.15) is 0 Å². The van der Waals surface area contributed by atoms with Crippen LogP contribution in [0.5, 0.6) is 0 Å². The van der Waals surface area contributed by atoms with Gasteiger partial charge in [-0.3, -0.25) is 9.59 Å². The van der Waals surface area contributed by atoms with Gasteiger partial charge in [0.15, 0.2) is 30.9 Å². The Labute approximate surface area is 440 Å². The molecule has 4 saturated heterocycles. The van der Waals surface area contributed by atoms with Crippen molar-refractivity contribution in [2.24, 2.45) is 23.7 Å². The van der Waals surface area contributed by atoms with Crippen LogP contribution in [0, 0.1) is 23.7 Å². The maximum Gasteiger partial charge on any atom is 0.308 e. The predicted octanol–water partition coefficient (Wildman–Crippen LogP) is -0.342. The van der Waals surface area contributed by atoms with Crippen LogP contribution in [0.15, 0.2) is 23.8 Å². The number of rotatable bonds is 16. The fourth-order valence-electron chi connectivity index (χ4n) is 11.0. The van der Waals surface area contributed by atoms with E-state index in [1.165, 1.54) is 27.2 Å². The normalized spacial score (nSPS) is 47.2. The third-order valence-corrected chi connectivity index (χ3v) is 15.7. The Kier molecular flexibility index (Phi) is 23.7. The van der Waals surface area contributed by atoms with E-state index in [-0.39, 0.29) is 31.7 Å². The molecule has 0 amide bonds. The van der Waals surface area contributed by atoms with E-state index in [1.54, 1.807) is 65.8 Å². The molecule has 1 unspecified atom stereocenters. The number of cyclic esters (lactones) is 1. The summed E-state index contributed by atoms with van der Waals surface area (Å²) >= 11 is 0. The number of aliphatic hydroxyl groups is 8. The summed E-state index contributed by atoms with van der Waals surface area (Å²) in [7, 11) is 6.29. The molecule has 5 heterocycles. The van der Waals surface area contributed by atoms with Crippen molar-refractivity contribution < 1.29 is 107 Å². The minimum atomic E-state index is -1.87. The van der Waals surface area contributed by atoms with Crippen molar-refractivity contribution in [3.63, 3.8) is 0 Å². The highest BCUT2D eigenvalue weighted by Crippen LogP contribution is 2.40. The Morgan fingerprint density at radius 1 is 0.773 bits per heavy atom. The van der Waals surface area contributed by atoms with E-state index in [0.717, 1.165) is 0 Å². The van der Waals surface area contributed by atoms with Gasteiger partial charge in [0.1, 0.15) is 73.4 Å². The average Bonchev–Trinajstić information content (AvgIpc) is 3.35. The summed E-state index contributed by atoms with van der Waals surface area (Å²) in [6, 6.07) is -0.931. The highest BCUT2D eigenvalue weighted by Gasteiger charge is 2.55. The SMILES string of the molecule is CC[C@H]1OC(=O)C[C@H](O)[C@H](C)[C@@H](O[C@@H]2O[C@H](C)[C@@H](O[C@H]3CC(C)(O)[C@@H](O)[C@H](C)O3)[C@H](N(C)C)[C@H]2O[C@@H]2O[C@H](CO)[C@@H](O)[C@H](O)[C@H]2O)[C@H](CC=O)C[C@@H](C)C(=O)/C=C/C=C(\C)[C@@H]1CO[C@@H]1O[C@H](C)[C@@H](O)[C@@H](OC)[C@H]1OC. The van der Waals surface area contributed by atoms with Crippen LogP contribution in [-0.2, 0) is 66.5 Å². The Balaban J connectivity index is 1.52. The van der Waals surface area contributed by atoms with Gasteiger partial charge >= 0.3 is 5.97 Å². The largest absolute Gasteiger partial charge is 0.462 e. The topological polar surface area (TPSA) is 318 Å². The van der Waals surface area contributed by atoms with Crippen LogP contribution in [-0.4, -0.2) is 240 Å². The number of esters is 1. The highest BCUT2D eigenvalue weighted by molar-refractivity contribution is 5.91. The quantitative estimate of drug-likeness (QED) is 0.0724. The molecule has 8 N–H and O–H groups in total. The number of hydrogen-bond donors (Lipinski definition) is 8. The van der Waals surface area contributed by atoms with Crippen molar-refractivity contribution >= 4 is 18.0 Å². The van der Waals surface area contributed by atoms with Gasteiger partial charge in [-0.05, 0) is 73.5 Å². The van der Waals surface area contributed by atoms with Crippen LogP contribution in [0.25, 0.3) is 0 Å². The lowest BCUT2D eigenvalue weighted by Gasteiger charge is -2.52. The zero-order chi connectivity index (χ0) is 55.8. The van der Waals surface area contributed by atoms with Crippen molar-refractivity contribution in [2.45, 2.75) is 222 Å². The van der Waals surface area contributed by atoms with Gasteiger partial charge in [0.2, 0.25) is 0 Å².